The predicted octanol–water partition coefficient (Wildman–Crippen LogP) is 3.76. The van der Waals surface area contributed by atoms with E-state index in [0.29, 0.717) is 22.7 Å². The molecule has 2 N–H and O–H groups in total. The van der Waals surface area contributed by atoms with E-state index in [1.807, 2.05) is 24.3 Å². The van der Waals surface area contributed by atoms with E-state index in [-0.39, 0.29) is 17.2 Å². The summed E-state index contributed by atoms with van der Waals surface area (Å²) in [5.41, 5.74) is 1.94. The topological polar surface area (TPSA) is 76.7 Å². The number of nitrogens with one attached hydrogen (secondary N) is 2. The molecule has 150 valence electrons. The highest BCUT2D eigenvalue weighted by molar-refractivity contribution is 5.99. The Bertz CT molecular complexity index is 856. The quantitative estimate of drug-likeness (QED) is 0.795. The fraction of sp³-hybridized carbons (Fsp3) is 0.364. The summed E-state index contributed by atoms with van der Waals surface area (Å²) in [5, 5.41) is 5.33. The van der Waals surface area contributed by atoms with Crippen LogP contribution in [0.5, 0.6) is 11.5 Å². The van der Waals surface area contributed by atoms with Gasteiger partial charge in [0.05, 0.1) is 12.8 Å². The number of benzene rings is 2. The van der Waals surface area contributed by atoms with Gasteiger partial charge in [0.25, 0.3) is 11.8 Å². The van der Waals surface area contributed by atoms with Crippen LogP contribution in [0.1, 0.15) is 43.6 Å². The van der Waals surface area contributed by atoms with Crippen LogP contribution >= 0.6 is 0 Å². The van der Waals surface area contributed by atoms with E-state index in [1.54, 1.807) is 32.2 Å². The van der Waals surface area contributed by atoms with E-state index in [1.165, 1.54) is 7.11 Å². The molecular weight excluding hydrogens is 356 g/mol. The van der Waals surface area contributed by atoms with Crippen molar-refractivity contribution in [2.45, 2.75) is 39.2 Å². The van der Waals surface area contributed by atoms with E-state index >= 15 is 0 Å². The first kappa shape index (κ1) is 21.3. The molecule has 0 bridgehead atoms. The van der Waals surface area contributed by atoms with Crippen molar-refractivity contribution in [1.82, 2.24) is 5.32 Å². The zero-order valence-electron chi connectivity index (χ0n) is 17.3. The Morgan fingerprint density at radius 2 is 1.79 bits per heavy atom. The Hall–Kier alpha value is -3.02. The highest BCUT2D eigenvalue weighted by Gasteiger charge is 2.19. The second-order valence-corrected chi connectivity index (χ2v) is 7.52. The van der Waals surface area contributed by atoms with Crippen molar-refractivity contribution in [2.75, 3.05) is 19.5 Å². The maximum atomic E-state index is 12.6. The van der Waals surface area contributed by atoms with Gasteiger partial charge in [0.2, 0.25) is 0 Å². The molecule has 0 aliphatic rings. The number of hydrogen-bond donors (Lipinski definition) is 2. The number of anilines is 1. The summed E-state index contributed by atoms with van der Waals surface area (Å²) in [5.74, 6) is 0.499. The molecule has 6 nitrogen and oxygen atoms in total. The number of ether oxygens (including phenoxy) is 2. The van der Waals surface area contributed by atoms with E-state index in [9.17, 15) is 9.59 Å². The van der Waals surface area contributed by atoms with E-state index in [0.717, 1.165) is 5.56 Å². The first-order chi connectivity index (χ1) is 13.2. The fourth-order valence-corrected chi connectivity index (χ4v) is 2.62. The smallest absolute Gasteiger partial charge is 0.265 e. The number of carbonyl (C=O) groups excluding carboxylic acids is 2. The van der Waals surface area contributed by atoms with Crippen LogP contribution in [0, 0.1) is 0 Å². The molecule has 0 spiro atoms. The van der Waals surface area contributed by atoms with Crippen molar-refractivity contribution in [2.24, 2.45) is 0 Å². The molecule has 2 rings (SSSR count). The van der Waals surface area contributed by atoms with Crippen LogP contribution in [0.4, 0.5) is 5.69 Å². The Balaban J connectivity index is 2.15. The molecule has 0 saturated carbocycles. The van der Waals surface area contributed by atoms with Gasteiger partial charge in [-0.1, -0.05) is 32.9 Å². The molecule has 2 amide bonds. The lowest BCUT2D eigenvalue weighted by Gasteiger charge is -2.21. The van der Waals surface area contributed by atoms with Gasteiger partial charge in [-0.2, -0.15) is 0 Å². The fourth-order valence-electron chi connectivity index (χ4n) is 2.62. The molecule has 0 aromatic heterocycles. The molecule has 0 aliphatic heterocycles. The Morgan fingerprint density at radius 1 is 1.07 bits per heavy atom. The second-order valence-electron chi connectivity index (χ2n) is 7.52. The number of carbonyl (C=O) groups is 2. The van der Waals surface area contributed by atoms with E-state index in [2.05, 4.69) is 31.4 Å². The highest BCUT2D eigenvalue weighted by atomic mass is 16.5. The molecule has 28 heavy (non-hydrogen) atoms. The highest BCUT2D eigenvalue weighted by Crippen LogP contribution is 2.28. The lowest BCUT2D eigenvalue weighted by molar-refractivity contribution is -0.122. The predicted molar refractivity (Wildman–Crippen MR) is 110 cm³/mol. The zero-order valence-corrected chi connectivity index (χ0v) is 17.3. The van der Waals surface area contributed by atoms with Gasteiger partial charge in [-0.25, -0.2) is 0 Å². The summed E-state index contributed by atoms with van der Waals surface area (Å²) in [6, 6.07) is 12.6. The van der Waals surface area contributed by atoms with Crippen molar-refractivity contribution >= 4 is 17.5 Å². The summed E-state index contributed by atoms with van der Waals surface area (Å²) < 4.78 is 11.1. The van der Waals surface area contributed by atoms with Crippen LogP contribution in [-0.2, 0) is 10.2 Å². The molecule has 0 radical (unpaired) electrons. The molecule has 1 unspecified atom stereocenters. The van der Waals surface area contributed by atoms with Gasteiger partial charge in [-0.05, 0) is 48.2 Å². The van der Waals surface area contributed by atoms with Crippen molar-refractivity contribution in [3.63, 3.8) is 0 Å². The number of rotatable bonds is 6. The Kier molecular flexibility index (Phi) is 6.67. The first-order valence-electron chi connectivity index (χ1n) is 9.14. The molecule has 0 fully saturated rings. The van der Waals surface area contributed by atoms with Crippen molar-refractivity contribution in [1.29, 1.82) is 0 Å². The maximum absolute atomic E-state index is 12.6. The molecule has 2 aromatic rings. The maximum Gasteiger partial charge on any atom is 0.265 e. The van der Waals surface area contributed by atoms with Gasteiger partial charge >= 0.3 is 0 Å². The first-order valence-corrected chi connectivity index (χ1v) is 9.14. The third kappa shape index (κ3) is 5.25. The average Bonchev–Trinajstić information content (AvgIpc) is 2.66. The molecular formula is C22H28N2O4. The molecule has 0 aliphatic carbocycles. The van der Waals surface area contributed by atoms with Gasteiger partial charge in [0.15, 0.2) is 6.10 Å². The largest absolute Gasteiger partial charge is 0.495 e. The standard InChI is InChI=1S/C22H28N2O4/c1-14(28-17-9-7-8-16(13-17)22(2,3)4)20(25)24-18-12-15(21(26)23-5)10-11-19(18)27-6/h7-14H,1-6H3,(H,23,26)(H,24,25). The minimum atomic E-state index is -0.733. The van der Waals surface area contributed by atoms with Crippen LogP contribution in [0.15, 0.2) is 42.5 Å². The second kappa shape index (κ2) is 8.78. The number of hydrogen-bond acceptors (Lipinski definition) is 4. The van der Waals surface area contributed by atoms with Crippen molar-refractivity contribution < 1.29 is 19.1 Å². The summed E-state index contributed by atoms with van der Waals surface area (Å²) in [7, 11) is 3.05. The summed E-state index contributed by atoms with van der Waals surface area (Å²) in [4.78, 5) is 24.5. The number of amides is 2. The third-order valence-corrected chi connectivity index (χ3v) is 4.33. The van der Waals surface area contributed by atoms with Crippen molar-refractivity contribution in [3.05, 3.63) is 53.6 Å². The van der Waals surface area contributed by atoms with Gasteiger partial charge in [0, 0.05) is 12.6 Å². The zero-order chi connectivity index (χ0) is 20.9. The van der Waals surface area contributed by atoms with Crippen LogP contribution in [0.2, 0.25) is 0 Å². The van der Waals surface area contributed by atoms with Crippen molar-refractivity contribution in [3.8, 4) is 11.5 Å². The van der Waals surface area contributed by atoms with E-state index in [4.69, 9.17) is 9.47 Å². The van der Waals surface area contributed by atoms with Gasteiger partial charge < -0.3 is 20.1 Å². The minimum absolute atomic E-state index is 0.0154. The lowest BCUT2D eigenvalue weighted by Crippen LogP contribution is -2.30. The van der Waals surface area contributed by atoms with Gasteiger partial charge in [0.1, 0.15) is 11.5 Å². The van der Waals surface area contributed by atoms with Gasteiger partial charge in [-0.3, -0.25) is 9.59 Å². The normalized spacial score (nSPS) is 12.1. The van der Waals surface area contributed by atoms with Gasteiger partial charge in [-0.15, -0.1) is 0 Å². The minimum Gasteiger partial charge on any atom is -0.495 e. The summed E-state index contributed by atoms with van der Waals surface area (Å²) >= 11 is 0. The molecule has 2 aromatic carbocycles. The number of methoxy groups -OCH3 is 1. The molecule has 0 heterocycles. The van der Waals surface area contributed by atoms with Crippen LogP contribution in [-0.4, -0.2) is 32.1 Å². The van der Waals surface area contributed by atoms with Crippen LogP contribution in [0.25, 0.3) is 0 Å². The monoisotopic (exact) mass is 384 g/mol. The third-order valence-electron chi connectivity index (χ3n) is 4.33. The summed E-state index contributed by atoms with van der Waals surface area (Å²) in [6.45, 7) is 8.03. The lowest BCUT2D eigenvalue weighted by atomic mass is 9.87. The average molecular weight is 384 g/mol. The van der Waals surface area contributed by atoms with E-state index < -0.39 is 6.10 Å². The Labute approximate surface area is 166 Å². The molecule has 6 heteroatoms. The molecule has 1 atom stereocenters. The van der Waals surface area contributed by atoms with Crippen LogP contribution < -0.4 is 20.1 Å². The van der Waals surface area contributed by atoms with Crippen LogP contribution in [0.3, 0.4) is 0 Å². The Morgan fingerprint density at radius 3 is 2.39 bits per heavy atom. The summed E-state index contributed by atoms with van der Waals surface area (Å²) in [6.07, 6.45) is -0.733. The molecule has 0 saturated heterocycles. The SMILES string of the molecule is CNC(=O)c1ccc(OC)c(NC(=O)C(C)Oc2cccc(C(C)(C)C)c2)c1.